The SMILES string of the molecule is CC(C)CC(=O)NC(C(=O)NCc1cccc(NC(=O)CN(C)C)c1)c1ccccc1. The van der Waals surface area contributed by atoms with Crippen molar-refractivity contribution in [2.24, 2.45) is 5.92 Å². The molecule has 0 heterocycles. The summed E-state index contributed by atoms with van der Waals surface area (Å²) in [5, 5.41) is 8.58. The van der Waals surface area contributed by atoms with E-state index >= 15 is 0 Å². The number of nitrogens with zero attached hydrogens (tertiary/aromatic N) is 1. The molecule has 3 N–H and O–H groups in total. The Kier molecular flexibility index (Phi) is 9.21. The van der Waals surface area contributed by atoms with Crippen molar-refractivity contribution >= 4 is 23.4 Å². The Hall–Kier alpha value is -3.19. The molecular weight excluding hydrogens is 392 g/mol. The van der Waals surface area contributed by atoms with Gasteiger partial charge in [0.25, 0.3) is 0 Å². The minimum atomic E-state index is -0.768. The Labute approximate surface area is 184 Å². The summed E-state index contributed by atoms with van der Waals surface area (Å²) < 4.78 is 0. The first-order valence-electron chi connectivity index (χ1n) is 10.4. The highest BCUT2D eigenvalue weighted by Gasteiger charge is 2.22. The molecule has 2 aromatic carbocycles. The molecule has 2 rings (SSSR count). The smallest absolute Gasteiger partial charge is 0.247 e. The fourth-order valence-electron chi connectivity index (χ4n) is 3.07. The van der Waals surface area contributed by atoms with Crippen molar-refractivity contribution in [3.8, 4) is 0 Å². The van der Waals surface area contributed by atoms with Gasteiger partial charge in [-0.15, -0.1) is 0 Å². The Balaban J connectivity index is 2.04. The number of rotatable bonds is 10. The third-order valence-corrected chi connectivity index (χ3v) is 4.43. The molecule has 7 heteroatoms. The average Bonchev–Trinajstić information content (AvgIpc) is 2.70. The molecule has 0 aliphatic heterocycles. The summed E-state index contributed by atoms with van der Waals surface area (Å²) in [6.45, 7) is 4.48. The topological polar surface area (TPSA) is 90.5 Å². The molecule has 7 nitrogen and oxygen atoms in total. The van der Waals surface area contributed by atoms with Crippen LogP contribution in [0.25, 0.3) is 0 Å². The van der Waals surface area contributed by atoms with E-state index in [1.54, 1.807) is 11.0 Å². The molecule has 0 aromatic heterocycles. The Morgan fingerprint density at radius 1 is 0.935 bits per heavy atom. The molecule has 0 aliphatic rings. The average molecular weight is 425 g/mol. The lowest BCUT2D eigenvalue weighted by molar-refractivity contribution is -0.129. The van der Waals surface area contributed by atoms with Crippen LogP contribution >= 0.6 is 0 Å². The summed E-state index contributed by atoms with van der Waals surface area (Å²) in [5.74, 6) is -0.358. The molecule has 0 saturated heterocycles. The zero-order chi connectivity index (χ0) is 22.8. The molecule has 1 atom stereocenters. The second kappa shape index (κ2) is 11.9. The number of hydrogen-bond acceptors (Lipinski definition) is 4. The van der Waals surface area contributed by atoms with Gasteiger partial charge >= 0.3 is 0 Å². The van der Waals surface area contributed by atoms with Gasteiger partial charge in [0.15, 0.2) is 0 Å². The number of carbonyl (C=O) groups is 3. The van der Waals surface area contributed by atoms with E-state index in [2.05, 4.69) is 16.0 Å². The molecule has 0 fully saturated rings. The first kappa shape index (κ1) is 24.1. The Bertz CT molecular complexity index is 881. The van der Waals surface area contributed by atoms with Gasteiger partial charge in [-0.25, -0.2) is 0 Å². The van der Waals surface area contributed by atoms with Crippen molar-refractivity contribution in [3.63, 3.8) is 0 Å². The number of amides is 3. The maximum Gasteiger partial charge on any atom is 0.247 e. The van der Waals surface area contributed by atoms with E-state index in [0.29, 0.717) is 12.1 Å². The summed E-state index contributed by atoms with van der Waals surface area (Å²) in [6, 6.07) is 15.7. The quantitative estimate of drug-likeness (QED) is 0.547. The van der Waals surface area contributed by atoms with Gasteiger partial charge in [0.05, 0.1) is 6.54 Å². The highest BCUT2D eigenvalue weighted by atomic mass is 16.2. The highest BCUT2D eigenvalue weighted by Crippen LogP contribution is 2.15. The molecule has 2 aromatic rings. The van der Waals surface area contributed by atoms with Crippen molar-refractivity contribution in [2.45, 2.75) is 32.9 Å². The molecule has 1 unspecified atom stereocenters. The third-order valence-electron chi connectivity index (χ3n) is 4.43. The third kappa shape index (κ3) is 8.60. The number of benzene rings is 2. The van der Waals surface area contributed by atoms with Crippen molar-refractivity contribution in [3.05, 3.63) is 65.7 Å². The van der Waals surface area contributed by atoms with Gasteiger partial charge in [0.1, 0.15) is 6.04 Å². The lowest BCUT2D eigenvalue weighted by atomic mass is 10.0. The van der Waals surface area contributed by atoms with E-state index in [-0.39, 0.29) is 36.7 Å². The number of anilines is 1. The van der Waals surface area contributed by atoms with E-state index in [1.165, 1.54) is 0 Å². The van der Waals surface area contributed by atoms with Crippen LogP contribution in [0.15, 0.2) is 54.6 Å². The maximum atomic E-state index is 12.9. The summed E-state index contributed by atoms with van der Waals surface area (Å²) in [5.41, 5.74) is 2.24. The first-order chi connectivity index (χ1) is 14.7. The van der Waals surface area contributed by atoms with E-state index in [9.17, 15) is 14.4 Å². The first-order valence-corrected chi connectivity index (χ1v) is 10.4. The van der Waals surface area contributed by atoms with Crippen molar-refractivity contribution in [1.29, 1.82) is 0 Å². The van der Waals surface area contributed by atoms with Gasteiger partial charge < -0.3 is 20.9 Å². The van der Waals surface area contributed by atoms with Crippen LogP contribution in [0.2, 0.25) is 0 Å². The molecule has 3 amide bonds. The Morgan fingerprint density at radius 2 is 1.65 bits per heavy atom. The van der Waals surface area contributed by atoms with Crippen LogP contribution in [0.1, 0.15) is 37.4 Å². The fraction of sp³-hybridized carbons (Fsp3) is 0.375. The summed E-state index contributed by atoms with van der Waals surface area (Å²) in [6.07, 6.45) is 0.352. The van der Waals surface area contributed by atoms with Crippen LogP contribution in [-0.2, 0) is 20.9 Å². The number of hydrogen-bond donors (Lipinski definition) is 3. The monoisotopic (exact) mass is 424 g/mol. The van der Waals surface area contributed by atoms with Gasteiger partial charge in [-0.2, -0.15) is 0 Å². The van der Waals surface area contributed by atoms with Crippen LogP contribution < -0.4 is 16.0 Å². The molecule has 31 heavy (non-hydrogen) atoms. The zero-order valence-corrected chi connectivity index (χ0v) is 18.6. The van der Waals surface area contributed by atoms with E-state index in [0.717, 1.165) is 11.1 Å². The zero-order valence-electron chi connectivity index (χ0n) is 18.6. The highest BCUT2D eigenvalue weighted by molar-refractivity contribution is 5.92. The van der Waals surface area contributed by atoms with Crippen LogP contribution in [0.3, 0.4) is 0 Å². The Morgan fingerprint density at radius 3 is 2.29 bits per heavy atom. The van der Waals surface area contributed by atoms with Gasteiger partial charge in [0.2, 0.25) is 17.7 Å². The largest absolute Gasteiger partial charge is 0.350 e. The fourth-order valence-corrected chi connectivity index (χ4v) is 3.07. The second-order valence-electron chi connectivity index (χ2n) is 8.21. The predicted molar refractivity (Wildman–Crippen MR) is 122 cm³/mol. The van der Waals surface area contributed by atoms with E-state index in [4.69, 9.17) is 0 Å². The molecule has 166 valence electrons. The van der Waals surface area contributed by atoms with Crippen LogP contribution in [-0.4, -0.2) is 43.3 Å². The second-order valence-corrected chi connectivity index (χ2v) is 8.21. The van der Waals surface area contributed by atoms with Gasteiger partial charge in [-0.3, -0.25) is 14.4 Å². The predicted octanol–water partition coefficient (Wildman–Crippen LogP) is 2.71. The minimum absolute atomic E-state index is 0.108. The molecule has 0 bridgehead atoms. The van der Waals surface area contributed by atoms with Crippen LogP contribution in [0, 0.1) is 5.92 Å². The number of nitrogens with one attached hydrogen (secondary N) is 3. The van der Waals surface area contributed by atoms with Gasteiger partial charge in [-0.05, 0) is 43.3 Å². The van der Waals surface area contributed by atoms with Gasteiger partial charge in [0, 0.05) is 18.7 Å². The molecule has 0 radical (unpaired) electrons. The van der Waals surface area contributed by atoms with E-state index in [1.807, 2.05) is 76.5 Å². The summed E-state index contributed by atoms with van der Waals surface area (Å²) in [4.78, 5) is 39.0. The van der Waals surface area contributed by atoms with Crippen molar-refractivity contribution < 1.29 is 14.4 Å². The molecule has 0 spiro atoms. The lowest BCUT2D eigenvalue weighted by Gasteiger charge is -2.20. The minimum Gasteiger partial charge on any atom is -0.350 e. The molecule has 0 saturated carbocycles. The standard InChI is InChI=1S/C24H32N4O3/c1-17(2)13-21(29)27-23(19-10-6-5-7-11-19)24(31)25-15-18-9-8-12-20(14-18)26-22(30)16-28(3)4/h5-12,14,17,23H,13,15-16H2,1-4H3,(H,25,31)(H,26,30)(H,27,29). The van der Waals surface area contributed by atoms with Crippen molar-refractivity contribution in [1.82, 2.24) is 15.5 Å². The van der Waals surface area contributed by atoms with E-state index < -0.39 is 6.04 Å². The van der Waals surface area contributed by atoms with Gasteiger partial charge in [-0.1, -0.05) is 56.3 Å². The number of likely N-dealkylation sites (N-methyl/N-ethyl adjacent to an activating group) is 1. The normalized spacial score (nSPS) is 11.8. The van der Waals surface area contributed by atoms with Crippen molar-refractivity contribution in [2.75, 3.05) is 26.0 Å². The summed E-state index contributed by atoms with van der Waals surface area (Å²) >= 11 is 0. The molecular formula is C24H32N4O3. The lowest BCUT2D eigenvalue weighted by Crippen LogP contribution is -2.40. The maximum absolute atomic E-state index is 12.9. The van der Waals surface area contributed by atoms with Crippen LogP contribution in [0.5, 0.6) is 0 Å². The van der Waals surface area contributed by atoms with Crippen LogP contribution in [0.4, 0.5) is 5.69 Å². The molecule has 0 aliphatic carbocycles. The number of carbonyl (C=O) groups excluding carboxylic acids is 3. The summed E-state index contributed by atoms with van der Waals surface area (Å²) in [7, 11) is 3.66.